The highest BCUT2D eigenvalue weighted by molar-refractivity contribution is 6.18. The molecule has 4 aromatic rings. The number of H-pyrrole nitrogens is 1. The third kappa shape index (κ3) is 6.08. The van der Waals surface area contributed by atoms with Crippen LogP contribution in [0.4, 0.5) is 27.5 Å². The number of aromatic nitrogens is 3. The molecule has 2 saturated heterocycles. The molecule has 0 aliphatic carbocycles. The predicted molar refractivity (Wildman–Crippen MR) is 165 cm³/mol. The summed E-state index contributed by atoms with van der Waals surface area (Å²) in [6.07, 6.45) is 1.65. The van der Waals surface area contributed by atoms with Gasteiger partial charge in [0.2, 0.25) is 5.95 Å². The third-order valence-corrected chi connectivity index (χ3v) is 8.18. The van der Waals surface area contributed by atoms with E-state index in [1.807, 2.05) is 12.1 Å². The van der Waals surface area contributed by atoms with Crippen LogP contribution in [-0.4, -0.2) is 101 Å². The van der Waals surface area contributed by atoms with Crippen molar-refractivity contribution in [1.82, 2.24) is 29.8 Å². The highest BCUT2D eigenvalue weighted by Gasteiger charge is 2.24. The van der Waals surface area contributed by atoms with Crippen molar-refractivity contribution in [3.05, 3.63) is 71.7 Å². The van der Waals surface area contributed by atoms with Gasteiger partial charge in [-0.2, -0.15) is 9.97 Å². The lowest BCUT2D eigenvalue weighted by Gasteiger charge is -2.37. The monoisotopic (exact) mass is 571 g/mol. The number of rotatable bonds is 8. The van der Waals surface area contributed by atoms with Gasteiger partial charge in [-0.15, -0.1) is 0 Å². The molecule has 0 saturated carbocycles. The number of aromatic amines is 1. The van der Waals surface area contributed by atoms with Crippen LogP contribution >= 0.6 is 0 Å². The van der Waals surface area contributed by atoms with E-state index in [-0.39, 0.29) is 11.6 Å². The Morgan fingerprint density at radius 1 is 0.905 bits per heavy atom. The van der Waals surface area contributed by atoms with Crippen molar-refractivity contribution >= 4 is 40.0 Å². The van der Waals surface area contributed by atoms with Crippen molar-refractivity contribution < 1.29 is 9.18 Å². The molecule has 0 amide bonds. The summed E-state index contributed by atoms with van der Waals surface area (Å²) in [6, 6.07) is 14.4. The summed E-state index contributed by atoms with van der Waals surface area (Å²) >= 11 is 0. The van der Waals surface area contributed by atoms with Gasteiger partial charge in [0, 0.05) is 81.5 Å². The first kappa shape index (κ1) is 28.1. The van der Waals surface area contributed by atoms with Gasteiger partial charge in [-0.3, -0.25) is 9.69 Å². The van der Waals surface area contributed by atoms with Crippen molar-refractivity contribution in [3.8, 4) is 0 Å². The van der Waals surface area contributed by atoms with Crippen molar-refractivity contribution in [2.45, 2.75) is 19.9 Å². The van der Waals surface area contributed by atoms with Gasteiger partial charge in [-0.05, 0) is 69.4 Å². The topological polar surface area (TPSA) is 95.7 Å². The lowest BCUT2D eigenvalue weighted by atomic mass is 10.0. The smallest absolute Gasteiger partial charge is 0.231 e. The van der Waals surface area contributed by atoms with Crippen molar-refractivity contribution in [3.63, 3.8) is 0 Å². The molecule has 4 heterocycles. The molecular weight excluding hydrogens is 533 g/mol. The summed E-state index contributed by atoms with van der Waals surface area (Å²) in [5.74, 6) is 0.351. The first-order valence-electron chi connectivity index (χ1n) is 14.6. The van der Waals surface area contributed by atoms with E-state index in [2.05, 4.69) is 68.5 Å². The summed E-state index contributed by atoms with van der Waals surface area (Å²) in [7, 11) is 2.15. The second kappa shape index (κ2) is 12.0. The number of anilines is 4. The van der Waals surface area contributed by atoms with Crippen LogP contribution in [-0.2, 0) is 0 Å². The second-order valence-corrected chi connectivity index (χ2v) is 11.3. The molecule has 2 aromatic carbocycles. The van der Waals surface area contributed by atoms with Gasteiger partial charge in [0.15, 0.2) is 11.6 Å². The van der Waals surface area contributed by atoms with Crippen LogP contribution in [0.5, 0.6) is 0 Å². The minimum atomic E-state index is -0.385. The molecule has 220 valence electrons. The third-order valence-electron chi connectivity index (χ3n) is 8.18. The fourth-order valence-corrected chi connectivity index (χ4v) is 5.55. The number of hydrazine groups is 1. The van der Waals surface area contributed by atoms with Gasteiger partial charge >= 0.3 is 0 Å². The lowest BCUT2D eigenvalue weighted by molar-refractivity contribution is 0.104. The van der Waals surface area contributed by atoms with Gasteiger partial charge in [0.1, 0.15) is 11.5 Å². The molecule has 10 nitrogen and oxygen atoms in total. The average Bonchev–Trinajstić information content (AvgIpc) is 3.43. The number of carbonyl (C=O) groups is 1. The largest absolute Gasteiger partial charge is 0.369 e. The Morgan fingerprint density at radius 2 is 1.60 bits per heavy atom. The van der Waals surface area contributed by atoms with Crippen LogP contribution in [0.15, 0.2) is 54.7 Å². The molecule has 42 heavy (non-hydrogen) atoms. The number of piperazine rings is 2. The Hall–Kier alpha value is -4.06. The van der Waals surface area contributed by atoms with E-state index in [1.54, 1.807) is 6.20 Å². The number of nitrogens with zero attached hydrogens (tertiary/aromatic N) is 6. The highest BCUT2D eigenvalue weighted by Crippen LogP contribution is 2.30. The molecular formula is C31H38FN9O. The molecule has 0 atom stereocenters. The number of hydrogen-bond donors (Lipinski definition) is 3. The van der Waals surface area contributed by atoms with E-state index in [9.17, 15) is 9.18 Å². The molecule has 2 aliphatic rings. The van der Waals surface area contributed by atoms with Crippen molar-refractivity contribution in [1.29, 1.82) is 0 Å². The van der Waals surface area contributed by atoms with E-state index in [0.717, 1.165) is 58.0 Å². The maximum absolute atomic E-state index is 13.5. The standard InChI is InChI=1S/C31H38FN9O/c1-21(2)39-16-18-41(19-17-39)37-30-27-26(28(42)22-4-6-23(32)7-5-22)20-33-29(27)35-31(36-30)34-24-8-10-25(11-9-24)40-14-12-38(3)13-15-40/h4-11,20-21H,12-19H2,1-3H3,(H3,33,34,35,36,37). The first-order chi connectivity index (χ1) is 20.3. The molecule has 11 heteroatoms. The first-order valence-corrected chi connectivity index (χ1v) is 14.6. The van der Waals surface area contributed by atoms with Crippen LogP contribution in [0.25, 0.3) is 11.0 Å². The molecule has 2 aliphatic heterocycles. The Kier molecular flexibility index (Phi) is 8.05. The van der Waals surface area contributed by atoms with Crippen molar-refractivity contribution in [2.24, 2.45) is 0 Å². The molecule has 2 aromatic heterocycles. The molecule has 0 spiro atoms. The Morgan fingerprint density at radius 3 is 2.26 bits per heavy atom. The second-order valence-electron chi connectivity index (χ2n) is 11.3. The minimum absolute atomic E-state index is 0.224. The number of nitrogens with one attached hydrogen (secondary N) is 3. The van der Waals surface area contributed by atoms with Crippen LogP contribution in [0.1, 0.15) is 29.8 Å². The molecule has 0 bridgehead atoms. The van der Waals surface area contributed by atoms with Gasteiger partial charge in [-0.1, -0.05) is 0 Å². The zero-order chi connectivity index (χ0) is 29.2. The normalized spacial score (nSPS) is 17.2. The summed E-state index contributed by atoms with van der Waals surface area (Å²) in [5, 5.41) is 6.08. The van der Waals surface area contributed by atoms with Crippen LogP contribution < -0.4 is 15.6 Å². The van der Waals surface area contributed by atoms with Crippen LogP contribution in [0.2, 0.25) is 0 Å². The lowest BCUT2D eigenvalue weighted by Crippen LogP contribution is -2.50. The van der Waals surface area contributed by atoms with Crippen LogP contribution in [0.3, 0.4) is 0 Å². The number of benzene rings is 2. The summed E-state index contributed by atoms with van der Waals surface area (Å²) in [4.78, 5) is 33.4. The molecule has 0 unspecified atom stereocenters. The SMILES string of the molecule is CC(C)N1CCN(Nc2nc(Nc3ccc(N4CCN(C)CC4)cc3)nc3[nH]cc(C(=O)c4ccc(F)cc4)c23)CC1. The van der Waals surface area contributed by atoms with Gasteiger partial charge in [-0.25, -0.2) is 9.40 Å². The minimum Gasteiger partial charge on any atom is -0.369 e. The fraction of sp³-hybridized carbons (Fsp3) is 0.387. The number of ketones is 1. The number of likely N-dealkylation sites (N-methyl/N-ethyl adjacent to an activating group) is 1. The average molecular weight is 572 g/mol. The van der Waals surface area contributed by atoms with E-state index in [4.69, 9.17) is 9.97 Å². The predicted octanol–water partition coefficient (Wildman–Crippen LogP) is 4.18. The summed E-state index contributed by atoms with van der Waals surface area (Å²) in [5.41, 5.74) is 6.92. The quantitative estimate of drug-likeness (QED) is 0.269. The molecule has 0 radical (unpaired) electrons. The van der Waals surface area contributed by atoms with Gasteiger partial charge < -0.3 is 25.5 Å². The maximum Gasteiger partial charge on any atom is 0.231 e. The summed E-state index contributed by atoms with van der Waals surface area (Å²) in [6.45, 7) is 12.0. The number of hydrogen-bond acceptors (Lipinski definition) is 9. The Balaban J connectivity index is 1.28. The van der Waals surface area contributed by atoms with E-state index in [0.29, 0.717) is 40.0 Å². The zero-order valence-corrected chi connectivity index (χ0v) is 24.4. The van der Waals surface area contributed by atoms with Gasteiger partial charge in [0.25, 0.3) is 0 Å². The zero-order valence-electron chi connectivity index (χ0n) is 24.4. The fourth-order valence-electron chi connectivity index (χ4n) is 5.55. The maximum atomic E-state index is 13.5. The highest BCUT2D eigenvalue weighted by atomic mass is 19.1. The number of fused-ring (bicyclic) bond motifs is 1. The van der Waals surface area contributed by atoms with Crippen LogP contribution in [0, 0.1) is 5.82 Å². The van der Waals surface area contributed by atoms with Crippen molar-refractivity contribution in [2.75, 3.05) is 75.0 Å². The Labute approximate surface area is 245 Å². The van der Waals surface area contributed by atoms with E-state index >= 15 is 0 Å². The van der Waals surface area contributed by atoms with E-state index < -0.39 is 0 Å². The summed E-state index contributed by atoms with van der Waals surface area (Å²) < 4.78 is 13.5. The number of halogens is 1. The molecule has 3 N–H and O–H groups in total. The molecule has 2 fully saturated rings. The number of carbonyl (C=O) groups excluding carboxylic acids is 1. The molecule has 6 rings (SSSR count). The van der Waals surface area contributed by atoms with Gasteiger partial charge in [0.05, 0.1) is 10.9 Å². The van der Waals surface area contributed by atoms with E-state index in [1.165, 1.54) is 30.0 Å². The Bertz CT molecular complexity index is 1520.